The molecule has 1 atom stereocenters. The second-order valence-electron chi connectivity index (χ2n) is 5.70. The molecule has 0 spiro atoms. The summed E-state index contributed by atoms with van der Waals surface area (Å²) >= 11 is 0. The van der Waals surface area contributed by atoms with Crippen molar-refractivity contribution in [1.29, 1.82) is 0 Å². The van der Waals surface area contributed by atoms with Gasteiger partial charge in [0.15, 0.2) is 0 Å². The number of aromatic nitrogens is 2. The van der Waals surface area contributed by atoms with E-state index >= 15 is 0 Å². The molecule has 0 radical (unpaired) electrons. The third-order valence-corrected chi connectivity index (χ3v) is 4.34. The highest BCUT2D eigenvalue weighted by Gasteiger charge is 2.31. The fourth-order valence-corrected chi connectivity index (χ4v) is 3.24. The molecule has 1 aromatic heterocycles. The number of likely N-dealkylation sites (tertiary alicyclic amines) is 2. The summed E-state index contributed by atoms with van der Waals surface area (Å²) < 4.78 is 0. The summed E-state index contributed by atoms with van der Waals surface area (Å²) in [6, 6.07) is 0.419. The zero-order valence-electron chi connectivity index (χ0n) is 11.6. The number of aromatic amines is 1. The standard InChI is InChI=1S/C14H22N4O/c1-11-13(16-10-15-11)9-17-6-2-4-12(8-17)18-7-3-5-14(18)19/h10,12H,2-9H2,1H3,(H,15,16)/t12-/m1/s1. The van der Waals surface area contributed by atoms with Gasteiger partial charge < -0.3 is 9.88 Å². The summed E-state index contributed by atoms with van der Waals surface area (Å²) in [6.45, 7) is 6.03. The highest BCUT2D eigenvalue weighted by molar-refractivity contribution is 5.78. The zero-order valence-corrected chi connectivity index (χ0v) is 11.6. The van der Waals surface area contributed by atoms with Gasteiger partial charge in [0.25, 0.3) is 0 Å². The lowest BCUT2D eigenvalue weighted by molar-refractivity contribution is -0.130. The van der Waals surface area contributed by atoms with Crippen LogP contribution in [0.5, 0.6) is 0 Å². The summed E-state index contributed by atoms with van der Waals surface area (Å²) in [7, 11) is 0. The summed E-state index contributed by atoms with van der Waals surface area (Å²) in [6.07, 6.45) is 5.87. The maximum absolute atomic E-state index is 11.8. The van der Waals surface area contributed by atoms with E-state index in [1.165, 1.54) is 6.42 Å². The predicted octanol–water partition coefficient (Wildman–Crippen LogP) is 1.30. The van der Waals surface area contributed by atoms with Crippen LogP contribution >= 0.6 is 0 Å². The first-order valence-corrected chi connectivity index (χ1v) is 7.24. The minimum atomic E-state index is 0.350. The van der Waals surface area contributed by atoms with Crippen molar-refractivity contribution in [2.75, 3.05) is 19.6 Å². The average molecular weight is 262 g/mol. The SMILES string of the molecule is Cc1[nH]cnc1CN1CCC[C@@H](N2CCCC2=O)C1. The van der Waals surface area contributed by atoms with Crippen molar-refractivity contribution < 1.29 is 4.79 Å². The van der Waals surface area contributed by atoms with E-state index in [0.29, 0.717) is 11.9 Å². The molecule has 3 rings (SSSR count). The number of hydrogen-bond donors (Lipinski definition) is 1. The van der Waals surface area contributed by atoms with Gasteiger partial charge in [0.2, 0.25) is 5.91 Å². The quantitative estimate of drug-likeness (QED) is 0.893. The molecule has 2 aliphatic heterocycles. The Balaban J connectivity index is 1.62. The van der Waals surface area contributed by atoms with E-state index in [-0.39, 0.29) is 0 Å². The van der Waals surface area contributed by atoms with Gasteiger partial charge in [-0.2, -0.15) is 0 Å². The Morgan fingerprint density at radius 1 is 1.42 bits per heavy atom. The zero-order chi connectivity index (χ0) is 13.2. The van der Waals surface area contributed by atoms with E-state index in [9.17, 15) is 4.79 Å². The van der Waals surface area contributed by atoms with Gasteiger partial charge in [0, 0.05) is 37.8 Å². The van der Waals surface area contributed by atoms with Gasteiger partial charge in [-0.15, -0.1) is 0 Å². The second-order valence-corrected chi connectivity index (χ2v) is 5.70. The Morgan fingerprint density at radius 3 is 3.00 bits per heavy atom. The molecule has 0 unspecified atom stereocenters. The van der Waals surface area contributed by atoms with Crippen molar-refractivity contribution in [3.63, 3.8) is 0 Å². The van der Waals surface area contributed by atoms with Crippen molar-refractivity contribution in [3.05, 3.63) is 17.7 Å². The van der Waals surface area contributed by atoms with Crippen LogP contribution in [0.1, 0.15) is 37.1 Å². The van der Waals surface area contributed by atoms with E-state index in [1.54, 1.807) is 6.33 Å². The number of aryl methyl sites for hydroxylation is 1. The fraction of sp³-hybridized carbons (Fsp3) is 0.714. The highest BCUT2D eigenvalue weighted by Crippen LogP contribution is 2.22. The molecule has 0 aliphatic carbocycles. The third kappa shape index (κ3) is 2.66. The van der Waals surface area contributed by atoms with E-state index in [1.807, 2.05) is 0 Å². The molecule has 5 heteroatoms. The van der Waals surface area contributed by atoms with Crippen LogP contribution in [-0.2, 0) is 11.3 Å². The van der Waals surface area contributed by atoms with E-state index in [2.05, 4.69) is 26.7 Å². The van der Waals surface area contributed by atoms with Gasteiger partial charge in [-0.25, -0.2) is 4.98 Å². The number of amides is 1. The lowest BCUT2D eigenvalue weighted by Gasteiger charge is -2.37. The average Bonchev–Trinajstić information content (AvgIpc) is 3.00. The highest BCUT2D eigenvalue weighted by atomic mass is 16.2. The Kier molecular flexibility index (Phi) is 3.55. The Morgan fingerprint density at radius 2 is 2.32 bits per heavy atom. The molecule has 1 N–H and O–H groups in total. The van der Waals surface area contributed by atoms with Gasteiger partial charge in [0.1, 0.15) is 0 Å². The Labute approximate surface area is 114 Å². The van der Waals surface area contributed by atoms with Crippen molar-refractivity contribution >= 4 is 5.91 Å². The minimum Gasteiger partial charge on any atom is -0.348 e. The number of H-pyrrole nitrogens is 1. The van der Waals surface area contributed by atoms with Crippen LogP contribution in [0.3, 0.4) is 0 Å². The van der Waals surface area contributed by atoms with Crippen LogP contribution in [0.15, 0.2) is 6.33 Å². The van der Waals surface area contributed by atoms with Gasteiger partial charge in [0.05, 0.1) is 12.0 Å². The molecular weight excluding hydrogens is 240 g/mol. The molecule has 2 saturated heterocycles. The number of rotatable bonds is 3. The molecule has 3 heterocycles. The monoisotopic (exact) mass is 262 g/mol. The predicted molar refractivity (Wildman–Crippen MR) is 72.6 cm³/mol. The first-order valence-electron chi connectivity index (χ1n) is 7.24. The van der Waals surface area contributed by atoms with Crippen LogP contribution in [0.2, 0.25) is 0 Å². The Hall–Kier alpha value is -1.36. The first-order chi connectivity index (χ1) is 9.24. The molecule has 0 aromatic carbocycles. The van der Waals surface area contributed by atoms with Crippen LogP contribution in [0.25, 0.3) is 0 Å². The van der Waals surface area contributed by atoms with Crippen LogP contribution in [-0.4, -0.2) is 51.4 Å². The molecule has 2 aliphatic rings. The number of hydrogen-bond acceptors (Lipinski definition) is 3. The first kappa shape index (κ1) is 12.7. The lowest BCUT2D eigenvalue weighted by Crippen LogP contribution is -2.48. The van der Waals surface area contributed by atoms with Crippen molar-refractivity contribution in [3.8, 4) is 0 Å². The molecule has 104 valence electrons. The molecule has 19 heavy (non-hydrogen) atoms. The summed E-state index contributed by atoms with van der Waals surface area (Å²) in [5, 5.41) is 0. The largest absolute Gasteiger partial charge is 0.348 e. The van der Waals surface area contributed by atoms with Crippen molar-refractivity contribution in [2.45, 2.75) is 45.2 Å². The number of piperidine rings is 1. The smallest absolute Gasteiger partial charge is 0.222 e. The molecule has 5 nitrogen and oxygen atoms in total. The fourth-order valence-electron chi connectivity index (χ4n) is 3.24. The van der Waals surface area contributed by atoms with Crippen LogP contribution in [0, 0.1) is 6.92 Å². The normalized spacial score (nSPS) is 25.2. The summed E-state index contributed by atoms with van der Waals surface area (Å²) in [5.74, 6) is 0.350. The topological polar surface area (TPSA) is 52.2 Å². The summed E-state index contributed by atoms with van der Waals surface area (Å²) in [4.78, 5) is 23.9. The lowest BCUT2D eigenvalue weighted by atomic mass is 10.0. The minimum absolute atomic E-state index is 0.350. The van der Waals surface area contributed by atoms with Crippen molar-refractivity contribution in [2.24, 2.45) is 0 Å². The van der Waals surface area contributed by atoms with Crippen molar-refractivity contribution in [1.82, 2.24) is 19.8 Å². The second kappa shape index (κ2) is 5.33. The van der Waals surface area contributed by atoms with Gasteiger partial charge in [-0.05, 0) is 32.7 Å². The molecular formula is C14H22N4O. The third-order valence-electron chi connectivity index (χ3n) is 4.34. The van der Waals surface area contributed by atoms with E-state index in [4.69, 9.17) is 0 Å². The van der Waals surface area contributed by atoms with Crippen LogP contribution < -0.4 is 0 Å². The van der Waals surface area contributed by atoms with E-state index < -0.39 is 0 Å². The summed E-state index contributed by atoms with van der Waals surface area (Å²) in [5.41, 5.74) is 2.28. The number of carbonyl (C=O) groups is 1. The van der Waals surface area contributed by atoms with Gasteiger partial charge in [-0.1, -0.05) is 0 Å². The molecule has 0 bridgehead atoms. The molecule has 0 saturated carbocycles. The maximum Gasteiger partial charge on any atom is 0.222 e. The maximum atomic E-state index is 11.8. The molecule has 1 aromatic rings. The number of imidazole rings is 1. The van der Waals surface area contributed by atoms with Gasteiger partial charge >= 0.3 is 0 Å². The molecule has 2 fully saturated rings. The number of carbonyl (C=O) groups excluding carboxylic acids is 1. The molecule has 1 amide bonds. The number of nitrogens with zero attached hydrogens (tertiary/aromatic N) is 3. The van der Waals surface area contributed by atoms with Crippen LogP contribution in [0.4, 0.5) is 0 Å². The number of nitrogens with one attached hydrogen (secondary N) is 1. The van der Waals surface area contributed by atoms with E-state index in [0.717, 1.165) is 56.8 Å². The van der Waals surface area contributed by atoms with Gasteiger partial charge in [-0.3, -0.25) is 9.69 Å². The Bertz CT molecular complexity index is 456.